The average molecular weight is 215 g/mol. The van der Waals surface area contributed by atoms with Gasteiger partial charge in [-0.25, -0.2) is 9.97 Å². The minimum absolute atomic E-state index is 0.365. The Bertz CT molecular complexity index is 471. The van der Waals surface area contributed by atoms with Gasteiger partial charge in [0.15, 0.2) is 5.82 Å². The van der Waals surface area contributed by atoms with Gasteiger partial charge in [-0.1, -0.05) is 0 Å². The topological polar surface area (TPSA) is 61.0 Å². The second kappa shape index (κ2) is 4.61. The van der Waals surface area contributed by atoms with E-state index in [9.17, 15) is 0 Å². The smallest absolute Gasteiger partial charge is 0.166 e. The second-order valence-electron chi connectivity index (χ2n) is 3.47. The summed E-state index contributed by atoms with van der Waals surface area (Å²) < 4.78 is 5.55. The van der Waals surface area contributed by atoms with Crippen LogP contribution in [0.3, 0.4) is 0 Å². The number of ether oxygens (including phenoxy) is 1. The highest BCUT2D eigenvalue weighted by Gasteiger charge is 1.99. The fraction of sp³-hybridized carbons (Fsp3) is 0.167. The molecule has 4 heteroatoms. The molecule has 0 aliphatic rings. The van der Waals surface area contributed by atoms with E-state index in [0.29, 0.717) is 12.4 Å². The fourth-order valence-electron chi connectivity index (χ4n) is 1.29. The number of nitrogens with two attached hydrogens (primary N) is 1. The molecule has 0 atom stereocenters. The molecule has 0 radical (unpaired) electrons. The van der Waals surface area contributed by atoms with E-state index in [1.54, 1.807) is 18.5 Å². The lowest BCUT2D eigenvalue weighted by Gasteiger charge is -2.07. The van der Waals surface area contributed by atoms with Crippen LogP contribution >= 0.6 is 0 Å². The molecule has 4 nitrogen and oxygen atoms in total. The van der Waals surface area contributed by atoms with Crippen LogP contribution in [-0.2, 0) is 6.61 Å². The van der Waals surface area contributed by atoms with Crippen LogP contribution in [0.5, 0.6) is 5.75 Å². The van der Waals surface area contributed by atoms with Gasteiger partial charge < -0.3 is 10.5 Å². The molecule has 82 valence electrons. The fourth-order valence-corrected chi connectivity index (χ4v) is 1.29. The Morgan fingerprint density at radius 3 is 2.69 bits per heavy atom. The van der Waals surface area contributed by atoms with Crippen LogP contribution in [-0.4, -0.2) is 9.97 Å². The molecule has 0 unspecified atom stereocenters. The van der Waals surface area contributed by atoms with Crippen LogP contribution in [0.25, 0.3) is 0 Å². The molecule has 1 aromatic carbocycles. The third kappa shape index (κ3) is 2.48. The number of benzene rings is 1. The number of anilines is 1. The molecule has 0 amide bonds. The third-order valence-corrected chi connectivity index (χ3v) is 2.23. The number of hydrogen-bond acceptors (Lipinski definition) is 4. The molecular weight excluding hydrogens is 202 g/mol. The number of hydrogen-bond donors (Lipinski definition) is 1. The molecule has 16 heavy (non-hydrogen) atoms. The summed E-state index contributed by atoms with van der Waals surface area (Å²) >= 11 is 0. The zero-order valence-electron chi connectivity index (χ0n) is 9.05. The quantitative estimate of drug-likeness (QED) is 0.795. The molecule has 2 rings (SSSR count). The molecule has 0 saturated heterocycles. The molecule has 0 aliphatic carbocycles. The molecule has 0 spiro atoms. The molecular formula is C12H13N3O. The van der Waals surface area contributed by atoms with Crippen molar-refractivity contribution >= 4 is 5.69 Å². The molecule has 2 aromatic rings. The van der Waals surface area contributed by atoms with Crippen LogP contribution in [0, 0.1) is 6.92 Å². The molecule has 0 fully saturated rings. The maximum Gasteiger partial charge on any atom is 0.166 e. The normalized spacial score (nSPS) is 10.1. The van der Waals surface area contributed by atoms with Gasteiger partial charge in [-0.15, -0.1) is 0 Å². The summed E-state index contributed by atoms with van der Waals surface area (Å²) in [4.78, 5) is 8.15. The lowest BCUT2D eigenvalue weighted by Crippen LogP contribution is -2.00. The van der Waals surface area contributed by atoms with E-state index in [1.807, 2.05) is 25.1 Å². The van der Waals surface area contributed by atoms with Crippen molar-refractivity contribution < 1.29 is 4.74 Å². The first-order valence-corrected chi connectivity index (χ1v) is 5.00. The van der Waals surface area contributed by atoms with Gasteiger partial charge in [0.05, 0.1) is 0 Å². The number of nitrogen functional groups attached to an aromatic ring is 1. The van der Waals surface area contributed by atoms with Crippen molar-refractivity contribution in [3.05, 3.63) is 48.0 Å². The lowest BCUT2D eigenvalue weighted by atomic mass is 10.2. The van der Waals surface area contributed by atoms with Crippen molar-refractivity contribution in [2.24, 2.45) is 0 Å². The van der Waals surface area contributed by atoms with Crippen LogP contribution in [0.4, 0.5) is 5.69 Å². The van der Waals surface area contributed by atoms with E-state index in [2.05, 4.69) is 9.97 Å². The Labute approximate surface area is 94.1 Å². The highest BCUT2D eigenvalue weighted by molar-refractivity contribution is 5.49. The molecule has 0 bridgehead atoms. The Kier molecular flexibility index (Phi) is 3.00. The monoisotopic (exact) mass is 215 g/mol. The van der Waals surface area contributed by atoms with Gasteiger partial charge in [-0.2, -0.15) is 0 Å². The minimum Gasteiger partial charge on any atom is -0.486 e. The number of rotatable bonds is 3. The van der Waals surface area contributed by atoms with Crippen molar-refractivity contribution in [1.82, 2.24) is 9.97 Å². The SMILES string of the molecule is Cc1cc(OCc2ncccn2)ccc1N. The Morgan fingerprint density at radius 1 is 1.25 bits per heavy atom. The summed E-state index contributed by atoms with van der Waals surface area (Å²) in [6.45, 7) is 2.31. The van der Waals surface area contributed by atoms with Crippen molar-refractivity contribution in [2.75, 3.05) is 5.73 Å². The summed E-state index contributed by atoms with van der Waals surface area (Å²) in [5, 5.41) is 0. The van der Waals surface area contributed by atoms with Crippen LogP contribution < -0.4 is 10.5 Å². The van der Waals surface area contributed by atoms with Gasteiger partial charge in [0.25, 0.3) is 0 Å². The standard InChI is InChI=1S/C12H13N3O/c1-9-7-10(3-4-11(9)13)16-8-12-14-5-2-6-15-12/h2-7H,8,13H2,1H3. The summed E-state index contributed by atoms with van der Waals surface area (Å²) in [5.41, 5.74) is 7.49. The Morgan fingerprint density at radius 2 is 2.00 bits per heavy atom. The average Bonchev–Trinajstić information content (AvgIpc) is 2.32. The summed E-state index contributed by atoms with van der Waals surface area (Å²) in [7, 11) is 0. The number of aryl methyl sites for hydroxylation is 1. The van der Waals surface area contributed by atoms with Crippen LogP contribution in [0.15, 0.2) is 36.7 Å². The van der Waals surface area contributed by atoms with Gasteiger partial charge in [-0.05, 0) is 36.8 Å². The van der Waals surface area contributed by atoms with Crippen LogP contribution in [0.1, 0.15) is 11.4 Å². The predicted molar refractivity (Wildman–Crippen MR) is 62.0 cm³/mol. The largest absolute Gasteiger partial charge is 0.486 e. The molecule has 1 aromatic heterocycles. The zero-order valence-corrected chi connectivity index (χ0v) is 9.05. The van der Waals surface area contributed by atoms with Gasteiger partial charge >= 0.3 is 0 Å². The maximum absolute atomic E-state index is 5.72. The first-order chi connectivity index (χ1) is 7.75. The van der Waals surface area contributed by atoms with E-state index < -0.39 is 0 Å². The van der Waals surface area contributed by atoms with E-state index in [4.69, 9.17) is 10.5 Å². The van der Waals surface area contributed by atoms with Gasteiger partial charge in [0.2, 0.25) is 0 Å². The van der Waals surface area contributed by atoms with E-state index in [1.165, 1.54) is 0 Å². The highest BCUT2D eigenvalue weighted by atomic mass is 16.5. The number of aromatic nitrogens is 2. The molecule has 2 N–H and O–H groups in total. The van der Waals surface area contributed by atoms with E-state index in [-0.39, 0.29) is 0 Å². The van der Waals surface area contributed by atoms with Gasteiger partial charge in [-0.3, -0.25) is 0 Å². The Balaban J connectivity index is 2.03. The van der Waals surface area contributed by atoms with Crippen molar-refractivity contribution in [1.29, 1.82) is 0 Å². The molecule has 0 saturated carbocycles. The van der Waals surface area contributed by atoms with E-state index in [0.717, 1.165) is 17.0 Å². The van der Waals surface area contributed by atoms with Crippen molar-refractivity contribution in [3.63, 3.8) is 0 Å². The first-order valence-electron chi connectivity index (χ1n) is 5.00. The molecule has 0 aliphatic heterocycles. The zero-order chi connectivity index (χ0) is 11.4. The second-order valence-corrected chi connectivity index (χ2v) is 3.47. The summed E-state index contributed by atoms with van der Waals surface area (Å²) in [5.74, 6) is 1.44. The predicted octanol–water partition coefficient (Wildman–Crippen LogP) is 1.95. The van der Waals surface area contributed by atoms with E-state index >= 15 is 0 Å². The van der Waals surface area contributed by atoms with Gasteiger partial charge in [0.1, 0.15) is 12.4 Å². The molecule has 1 heterocycles. The lowest BCUT2D eigenvalue weighted by molar-refractivity contribution is 0.295. The Hall–Kier alpha value is -2.10. The summed E-state index contributed by atoms with van der Waals surface area (Å²) in [6.07, 6.45) is 3.39. The summed E-state index contributed by atoms with van der Waals surface area (Å²) in [6, 6.07) is 7.34. The van der Waals surface area contributed by atoms with Crippen molar-refractivity contribution in [3.8, 4) is 5.75 Å². The third-order valence-electron chi connectivity index (χ3n) is 2.23. The number of nitrogens with zero attached hydrogens (tertiary/aromatic N) is 2. The minimum atomic E-state index is 0.365. The van der Waals surface area contributed by atoms with Crippen molar-refractivity contribution in [2.45, 2.75) is 13.5 Å². The highest BCUT2D eigenvalue weighted by Crippen LogP contribution is 2.19. The first kappa shape index (κ1) is 10.4. The van der Waals surface area contributed by atoms with Crippen LogP contribution in [0.2, 0.25) is 0 Å². The maximum atomic E-state index is 5.72. The van der Waals surface area contributed by atoms with Gasteiger partial charge in [0, 0.05) is 18.1 Å².